The molecule has 0 radical (unpaired) electrons. The number of hydrazine groups is 1. The zero-order valence-electron chi connectivity index (χ0n) is 10.2. The molecule has 3 heteroatoms. The van der Waals surface area contributed by atoms with Crippen LogP contribution in [0.3, 0.4) is 0 Å². The minimum absolute atomic E-state index is 0.357. The van der Waals surface area contributed by atoms with Crippen molar-refractivity contribution in [2.75, 3.05) is 0 Å². The Morgan fingerprint density at radius 3 is 2.59 bits per heavy atom. The van der Waals surface area contributed by atoms with Crippen molar-refractivity contribution in [1.29, 1.82) is 0 Å². The van der Waals surface area contributed by atoms with Gasteiger partial charge in [0.15, 0.2) is 0 Å². The second-order valence-corrected chi connectivity index (χ2v) is 5.37. The summed E-state index contributed by atoms with van der Waals surface area (Å²) < 4.78 is 0. The fourth-order valence-corrected chi connectivity index (χ4v) is 3.01. The van der Waals surface area contributed by atoms with Gasteiger partial charge in [-0.1, -0.05) is 49.1 Å². The lowest BCUT2D eigenvalue weighted by Crippen LogP contribution is -2.43. The maximum Gasteiger partial charge on any atom is 0.0438 e. The quantitative estimate of drug-likeness (QED) is 0.638. The molecular formula is C14H21ClN2. The van der Waals surface area contributed by atoms with Crippen LogP contribution in [0.25, 0.3) is 0 Å². The molecular weight excluding hydrogens is 232 g/mol. The van der Waals surface area contributed by atoms with Crippen molar-refractivity contribution in [1.82, 2.24) is 5.43 Å². The fourth-order valence-electron chi connectivity index (χ4n) is 2.80. The summed E-state index contributed by atoms with van der Waals surface area (Å²) in [6.07, 6.45) is 7.57. The zero-order chi connectivity index (χ0) is 12.1. The molecule has 0 aliphatic heterocycles. The lowest BCUT2D eigenvalue weighted by Gasteiger charge is -2.30. The van der Waals surface area contributed by atoms with Crippen molar-refractivity contribution in [3.8, 4) is 0 Å². The van der Waals surface area contributed by atoms with E-state index in [2.05, 4.69) is 11.5 Å². The summed E-state index contributed by atoms with van der Waals surface area (Å²) >= 11 is 6.20. The molecule has 17 heavy (non-hydrogen) atoms. The zero-order valence-corrected chi connectivity index (χ0v) is 10.9. The van der Waals surface area contributed by atoms with E-state index in [4.69, 9.17) is 17.4 Å². The highest BCUT2D eigenvalue weighted by Gasteiger charge is 2.23. The lowest BCUT2D eigenvalue weighted by molar-refractivity contribution is 0.268. The summed E-state index contributed by atoms with van der Waals surface area (Å²) in [6.45, 7) is 0. The van der Waals surface area contributed by atoms with Gasteiger partial charge in [-0.2, -0.15) is 0 Å². The van der Waals surface area contributed by atoms with Crippen LogP contribution in [0.2, 0.25) is 5.02 Å². The van der Waals surface area contributed by atoms with Crippen molar-refractivity contribution in [2.24, 2.45) is 11.8 Å². The van der Waals surface area contributed by atoms with E-state index in [9.17, 15) is 0 Å². The molecule has 0 heterocycles. The molecule has 2 rings (SSSR count). The highest BCUT2D eigenvalue weighted by Crippen LogP contribution is 2.28. The van der Waals surface area contributed by atoms with Crippen LogP contribution < -0.4 is 11.3 Å². The van der Waals surface area contributed by atoms with Crippen LogP contribution in [0.4, 0.5) is 0 Å². The van der Waals surface area contributed by atoms with Crippen LogP contribution in [0.15, 0.2) is 24.3 Å². The van der Waals surface area contributed by atoms with Crippen LogP contribution in [-0.2, 0) is 6.42 Å². The minimum atomic E-state index is 0.357. The molecule has 0 saturated heterocycles. The van der Waals surface area contributed by atoms with Gasteiger partial charge in [0.1, 0.15) is 0 Å². The second-order valence-electron chi connectivity index (χ2n) is 4.97. The molecule has 1 aromatic carbocycles. The second kappa shape index (κ2) is 6.39. The van der Waals surface area contributed by atoms with E-state index in [0.717, 1.165) is 11.4 Å². The van der Waals surface area contributed by atoms with E-state index in [0.29, 0.717) is 12.0 Å². The first-order valence-corrected chi connectivity index (χ1v) is 6.88. The van der Waals surface area contributed by atoms with E-state index in [1.807, 2.05) is 18.2 Å². The first kappa shape index (κ1) is 12.9. The lowest BCUT2D eigenvalue weighted by atomic mass is 9.82. The van der Waals surface area contributed by atoms with Gasteiger partial charge < -0.3 is 0 Å². The SMILES string of the molecule is NNC(Cc1ccccc1Cl)C1CCCCC1. The highest BCUT2D eigenvalue weighted by atomic mass is 35.5. The number of benzene rings is 1. The first-order chi connectivity index (χ1) is 8.31. The Kier molecular flexibility index (Phi) is 4.84. The molecule has 3 N–H and O–H groups in total. The Labute approximate surface area is 109 Å². The van der Waals surface area contributed by atoms with Crippen molar-refractivity contribution >= 4 is 11.6 Å². The topological polar surface area (TPSA) is 38.0 Å². The summed E-state index contributed by atoms with van der Waals surface area (Å²) in [5.74, 6) is 6.41. The van der Waals surface area contributed by atoms with E-state index in [1.165, 1.54) is 37.7 Å². The summed E-state index contributed by atoms with van der Waals surface area (Å²) in [6, 6.07) is 8.41. The molecule has 1 aliphatic carbocycles. The molecule has 1 atom stereocenters. The number of hydrogen-bond donors (Lipinski definition) is 2. The van der Waals surface area contributed by atoms with Crippen LogP contribution in [0.5, 0.6) is 0 Å². The third-order valence-corrected chi connectivity index (χ3v) is 4.20. The van der Waals surface area contributed by atoms with Crippen molar-refractivity contribution in [2.45, 2.75) is 44.6 Å². The summed E-state index contributed by atoms with van der Waals surface area (Å²) in [7, 11) is 0. The maximum atomic E-state index is 6.20. The molecule has 94 valence electrons. The Balaban J connectivity index is 2.01. The number of rotatable bonds is 4. The molecule has 0 spiro atoms. The largest absolute Gasteiger partial charge is 0.271 e. The minimum Gasteiger partial charge on any atom is -0.271 e. The van der Waals surface area contributed by atoms with Gasteiger partial charge in [-0.3, -0.25) is 11.3 Å². The molecule has 1 unspecified atom stereocenters. The summed E-state index contributed by atoms with van der Waals surface area (Å²) in [5, 5.41) is 0.851. The van der Waals surface area contributed by atoms with Crippen LogP contribution in [0.1, 0.15) is 37.7 Å². The smallest absolute Gasteiger partial charge is 0.0438 e. The standard InChI is InChI=1S/C14H21ClN2/c15-13-9-5-4-8-12(13)10-14(17-16)11-6-2-1-3-7-11/h4-5,8-9,11,14,17H,1-3,6-7,10,16H2. The molecule has 0 bridgehead atoms. The van der Waals surface area contributed by atoms with Gasteiger partial charge in [0.05, 0.1) is 0 Å². The van der Waals surface area contributed by atoms with E-state index < -0.39 is 0 Å². The number of hydrogen-bond acceptors (Lipinski definition) is 2. The normalized spacial score (nSPS) is 19.2. The van der Waals surface area contributed by atoms with Gasteiger partial charge in [0, 0.05) is 11.1 Å². The Morgan fingerprint density at radius 1 is 1.24 bits per heavy atom. The highest BCUT2D eigenvalue weighted by molar-refractivity contribution is 6.31. The van der Waals surface area contributed by atoms with Crippen molar-refractivity contribution in [3.63, 3.8) is 0 Å². The van der Waals surface area contributed by atoms with Gasteiger partial charge >= 0.3 is 0 Å². The Morgan fingerprint density at radius 2 is 1.94 bits per heavy atom. The van der Waals surface area contributed by atoms with Gasteiger partial charge in [-0.15, -0.1) is 0 Å². The van der Waals surface area contributed by atoms with Crippen LogP contribution >= 0.6 is 11.6 Å². The monoisotopic (exact) mass is 252 g/mol. The Hall–Kier alpha value is -0.570. The third kappa shape index (κ3) is 3.44. The number of halogens is 1. The fraction of sp³-hybridized carbons (Fsp3) is 0.571. The molecule has 0 amide bonds. The molecule has 1 saturated carbocycles. The number of nitrogens with two attached hydrogens (primary N) is 1. The molecule has 1 aliphatic rings. The van der Waals surface area contributed by atoms with Crippen molar-refractivity contribution < 1.29 is 0 Å². The third-order valence-electron chi connectivity index (χ3n) is 3.83. The van der Waals surface area contributed by atoms with Crippen LogP contribution in [0, 0.1) is 5.92 Å². The van der Waals surface area contributed by atoms with Gasteiger partial charge in [-0.05, 0) is 36.8 Å². The number of nitrogens with one attached hydrogen (secondary N) is 1. The molecule has 0 aromatic heterocycles. The summed E-state index contributed by atoms with van der Waals surface area (Å²) in [4.78, 5) is 0. The predicted octanol–water partition coefficient (Wildman–Crippen LogP) is 3.29. The average Bonchev–Trinajstić information content (AvgIpc) is 2.39. The van der Waals surface area contributed by atoms with E-state index >= 15 is 0 Å². The van der Waals surface area contributed by atoms with E-state index in [1.54, 1.807) is 0 Å². The first-order valence-electron chi connectivity index (χ1n) is 6.51. The average molecular weight is 253 g/mol. The van der Waals surface area contributed by atoms with Crippen LogP contribution in [-0.4, -0.2) is 6.04 Å². The van der Waals surface area contributed by atoms with Gasteiger partial charge in [-0.25, -0.2) is 0 Å². The summed E-state index contributed by atoms with van der Waals surface area (Å²) in [5.41, 5.74) is 4.19. The predicted molar refractivity (Wildman–Crippen MR) is 72.8 cm³/mol. The van der Waals surface area contributed by atoms with Gasteiger partial charge in [0.25, 0.3) is 0 Å². The molecule has 1 aromatic rings. The molecule has 2 nitrogen and oxygen atoms in total. The molecule has 1 fully saturated rings. The van der Waals surface area contributed by atoms with E-state index in [-0.39, 0.29) is 0 Å². The Bertz CT molecular complexity index is 348. The van der Waals surface area contributed by atoms with Crippen molar-refractivity contribution in [3.05, 3.63) is 34.9 Å². The maximum absolute atomic E-state index is 6.20. The van der Waals surface area contributed by atoms with Gasteiger partial charge in [0.2, 0.25) is 0 Å².